The molecule has 0 saturated heterocycles. The van der Waals surface area contributed by atoms with Crippen molar-refractivity contribution in [2.75, 3.05) is 6.61 Å². The maximum atomic E-state index is 12.8. The number of carbonyl (C=O) groups excluding carboxylic acids is 1. The maximum absolute atomic E-state index is 12.8. The van der Waals surface area contributed by atoms with Crippen molar-refractivity contribution in [1.82, 2.24) is 9.99 Å². The van der Waals surface area contributed by atoms with Gasteiger partial charge in [0.15, 0.2) is 6.61 Å². The van der Waals surface area contributed by atoms with Gasteiger partial charge in [0.05, 0.1) is 6.21 Å². The first-order valence-corrected chi connectivity index (χ1v) is 9.63. The van der Waals surface area contributed by atoms with Crippen LogP contribution in [0.5, 0.6) is 5.75 Å². The van der Waals surface area contributed by atoms with Crippen LogP contribution in [0.2, 0.25) is 0 Å². The lowest BCUT2D eigenvalue weighted by atomic mass is 10.1. The first-order valence-electron chi connectivity index (χ1n) is 9.63. The fraction of sp³-hybridized carbons (Fsp3) is 0.261. The molecule has 0 saturated carbocycles. The molecule has 1 heterocycles. The molecule has 7 nitrogen and oxygen atoms in total. The molecule has 1 atom stereocenters. The van der Waals surface area contributed by atoms with E-state index < -0.39 is 17.9 Å². The number of amides is 1. The second-order valence-electron chi connectivity index (χ2n) is 7.34. The Morgan fingerprint density at radius 3 is 2.53 bits per heavy atom. The predicted molar refractivity (Wildman–Crippen MR) is 116 cm³/mol. The number of aliphatic carboxylic acids is 1. The van der Waals surface area contributed by atoms with E-state index in [1.165, 1.54) is 13.1 Å². The Bertz CT molecular complexity index is 1090. The second-order valence-corrected chi connectivity index (χ2v) is 7.34. The molecule has 3 aromatic rings. The third kappa shape index (κ3) is 4.68. The van der Waals surface area contributed by atoms with Crippen LogP contribution in [0.25, 0.3) is 10.9 Å². The number of hydrogen-bond donors (Lipinski definition) is 2. The van der Waals surface area contributed by atoms with Gasteiger partial charge in [0.2, 0.25) is 0 Å². The summed E-state index contributed by atoms with van der Waals surface area (Å²) >= 11 is 0. The number of hydrazone groups is 1. The molecule has 1 unspecified atom stereocenters. The van der Waals surface area contributed by atoms with Crippen LogP contribution in [0.1, 0.15) is 29.2 Å². The van der Waals surface area contributed by atoms with E-state index in [2.05, 4.69) is 10.1 Å². The van der Waals surface area contributed by atoms with E-state index in [1.807, 2.05) is 63.4 Å². The minimum absolute atomic E-state index is 0.310. The molecule has 2 N–H and O–H groups in total. The third-order valence-corrected chi connectivity index (χ3v) is 4.83. The van der Waals surface area contributed by atoms with Crippen molar-refractivity contribution < 1.29 is 19.4 Å². The lowest BCUT2D eigenvalue weighted by Crippen LogP contribution is -2.42. The van der Waals surface area contributed by atoms with Crippen molar-refractivity contribution in [3.63, 3.8) is 0 Å². The molecular weight excluding hydrogens is 382 g/mol. The maximum Gasteiger partial charge on any atom is 0.328 e. The number of nitrogens with one attached hydrogen (secondary N) is 1. The number of aromatic nitrogens is 1. The Hall–Kier alpha value is -3.61. The van der Waals surface area contributed by atoms with Gasteiger partial charge in [0.1, 0.15) is 11.8 Å². The Kier molecular flexibility index (Phi) is 6.20. The van der Waals surface area contributed by atoms with E-state index in [4.69, 9.17) is 4.74 Å². The van der Waals surface area contributed by atoms with E-state index in [-0.39, 0.29) is 6.61 Å². The number of carbonyl (C=O) groups is 2. The van der Waals surface area contributed by atoms with Gasteiger partial charge in [0.25, 0.3) is 5.91 Å². The summed E-state index contributed by atoms with van der Waals surface area (Å²) in [5.41, 5.74) is 4.61. The first-order chi connectivity index (χ1) is 14.3. The smallest absolute Gasteiger partial charge is 0.328 e. The van der Waals surface area contributed by atoms with Gasteiger partial charge in [-0.25, -0.2) is 9.80 Å². The van der Waals surface area contributed by atoms with Crippen molar-refractivity contribution >= 4 is 29.0 Å². The van der Waals surface area contributed by atoms with E-state index in [0.29, 0.717) is 5.75 Å². The zero-order chi connectivity index (χ0) is 21.8. The number of aromatic amines is 1. The SMILES string of the molecule is Cc1cc(C)c(OCC(=O)N(/N=C/c2ccc3cc[nH]c3c2)C(C)C(=O)O)c(C)c1. The van der Waals surface area contributed by atoms with E-state index >= 15 is 0 Å². The number of carboxylic acid groups (broad SMARTS) is 1. The van der Waals surface area contributed by atoms with E-state index in [1.54, 1.807) is 0 Å². The van der Waals surface area contributed by atoms with Crippen LogP contribution in [0, 0.1) is 20.8 Å². The van der Waals surface area contributed by atoms with Crippen molar-refractivity contribution in [2.45, 2.75) is 33.7 Å². The van der Waals surface area contributed by atoms with Crippen LogP contribution in [0.3, 0.4) is 0 Å². The molecule has 3 rings (SSSR count). The van der Waals surface area contributed by atoms with Gasteiger partial charge in [-0.2, -0.15) is 5.10 Å². The second kappa shape index (κ2) is 8.82. The van der Waals surface area contributed by atoms with Crippen LogP contribution >= 0.6 is 0 Å². The number of ether oxygens (including phenoxy) is 1. The average molecular weight is 407 g/mol. The molecule has 1 aromatic heterocycles. The molecule has 0 bridgehead atoms. The summed E-state index contributed by atoms with van der Waals surface area (Å²) < 4.78 is 5.73. The van der Waals surface area contributed by atoms with Gasteiger partial charge in [-0.15, -0.1) is 0 Å². The molecule has 0 aliphatic rings. The summed E-state index contributed by atoms with van der Waals surface area (Å²) in [4.78, 5) is 27.4. The van der Waals surface area contributed by atoms with Gasteiger partial charge < -0.3 is 14.8 Å². The summed E-state index contributed by atoms with van der Waals surface area (Å²) in [5, 5.41) is 15.6. The normalized spacial score (nSPS) is 12.3. The molecular formula is C23H25N3O4. The summed E-state index contributed by atoms with van der Waals surface area (Å²) in [6.45, 7) is 6.91. The highest BCUT2D eigenvalue weighted by atomic mass is 16.5. The zero-order valence-electron chi connectivity index (χ0n) is 17.5. The predicted octanol–water partition coefficient (Wildman–Crippen LogP) is 3.81. The minimum Gasteiger partial charge on any atom is -0.483 e. The Balaban J connectivity index is 1.79. The van der Waals surface area contributed by atoms with E-state index in [9.17, 15) is 14.7 Å². The molecule has 0 spiro atoms. The first kappa shape index (κ1) is 21.1. The number of carboxylic acids is 1. The number of rotatable bonds is 7. The van der Waals surface area contributed by atoms with Gasteiger partial charge in [-0.3, -0.25) is 4.79 Å². The molecule has 7 heteroatoms. The van der Waals surface area contributed by atoms with E-state index in [0.717, 1.165) is 38.2 Å². The van der Waals surface area contributed by atoms with Crippen LogP contribution in [0.15, 0.2) is 47.7 Å². The number of aryl methyl sites for hydroxylation is 3. The van der Waals surface area contributed by atoms with Crippen LogP contribution < -0.4 is 4.74 Å². The Labute approximate surface area is 175 Å². The highest BCUT2D eigenvalue weighted by Crippen LogP contribution is 2.24. The topological polar surface area (TPSA) is 95.0 Å². The fourth-order valence-corrected chi connectivity index (χ4v) is 3.35. The van der Waals surface area contributed by atoms with Gasteiger partial charge in [-0.05, 0) is 61.9 Å². The van der Waals surface area contributed by atoms with Crippen molar-refractivity contribution in [1.29, 1.82) is 0 Å². The molecule has 0 fully saturated rings. The standard InChI is InChI=1S/C23H25N3O4/c1-14-9-15(2)22(16(3)10-14)30-13-21(27)26(17(4)23(28)29)25-12-18-5-6-19-7-8-24-20(19)11-18/h5-12,17,24H,13H2,1-4H3,(H,28,29)/b25-12+. The van der Waals surface area contributed by atoms with Crippen LogP contribution in [0.4, 0.5) is 0 Å². The van der Waals surface area contributed by atoms with Crippen LogP contribution in [-0.4, -0.2) is 45.8 Å². The lowest BCUT2D eigenvalue weighted by Gasteiger charge is -2.22. The highest BCUT2D eigenvalue weighted by molar-refractivity contribution is 5.90. The fourth-order valence-electron chi connectivity index (χ4n) is 3.35. The lowest BCUT2D eigenvalue weighted by molar-refractivity contribution is -0.150. The molecule has 156 valence electrons. The number of hydrogen-bond acceptors (Lipinski definition) is 4. The molecule has 2 aromatic carbocycles. The van der Waals surface area contributed by atoms with Gasteiger partial charge >= 0.3 is 5.97 Å². The average Bonchev–Trinajstić information content (AvgIpc) is 3.14. The van der Waals surface area contributed by atoms with Crippen molar-refractivity contribution in [3.05, 3.63) is 64.8 Å². The summed E-state index contributed by atoms with van der Waals surface area (Å²) in [6, 6.07) is 10.4. The summed E-state index contributed by atoms with van der Waals surface area (Å²) in [7, 11) is 0. The molecule has 0 aliphatic carbocycles. The third-order valence-electron chi connectivity index (χ3n) is 4.83. The molecule has 0 aliphatic heterocycles. The van der Waals surface area contributed by atoms with Crippen molar-refractivity contribution in [2.24, 2.45) is 5.10 Å². The summed E-state index contributed by atoms with van der Waals surface area (Å²) in [5.74, 6) is -1.07. The highest BCUT2D eigenvalue weighted by Gasteiger charge is 2.26. The van der Waals surface area contributed by atoms with Crippen LogP contribution in [-0.2, 0) is 9.59 Å². The monoisotopic (exact) mass is 407 g/mol. The largest absolute Gasteiger partial charge is 0.483 e. The Morgan fingerprint density at radius 1 is 1.17 bits per heavy atom. The number of benzene rings is 2. The van der Waals surface area contributed by atoms with Crippen molar-refractivity contribution in [3.8, 4) is 5.75 Å². The zero-order valence-corrected chi connectivity index (χ0v) is 17.5. The summed E-state index contributed by atoms with van der Waals surface area (Å²) in [6.07, 6.45) is 3.31. The molecule has 1 amide bonds. The number of nitrogens with zero attached hydrogens (tertiary/aromatic N) is 2. The minimum atomic E-state index is -1.15. The Morgan fingerprint density at radius 2 is 1.87 bits per heavy atom. The number of H-pyrrole nitrogens is 1. The van der Waals surface area contributed by atoms with Gasteiger partial charge in [-0.1, -0.05) is 29.8 Å². The molecule has 30 heavy (non-hydrogen) atoms. The quantitative estimate of drug-likeness (QED) is 0.460. The molecule has 0 radical (unpaired) electrons. The van der Waals surface area contributed by atoms with Gasteiger partial charge in [0, 0.05) is 11.7 Å². The number of fused-ring (bicyclic) bond motifs is 1.